The molecule has 0 atom stereocenters. The molecule has 6 nitrogen and oxygen atoms in total. The van der Waals surface area contributed by atoms with E-state index in [1.54, 1.807) is 18.4 Å². The molecule has 0 amide bonds. The average molecular weight is 363 g/mol. The Kier molecular flexibility index (Phi) is 6.58. The summed E-state index contributed by atoms with van der Waals surface area (Å²) in [6, 6.07) is 2.10. The van der Waals surface area contributed by atoms with E-state index in [-0.39, 0.29) is 5.41 Å². The number of thiazole rings is 1. The largest absolute Gasteiger partial charge is 0.356 e. The van der Waals surface area contributed by atoms with Crippen LogP contribution in [0, 0.1) is 13.8 Å². The van der Waals surface area contributed by atoms with Crippen LogP contribution >= 0.6 is 11.3 Å². The molecule has 2 rings (SSSR count). The van der Waals surface area contributed by atoms with E-state index >= 15 is 0 Å². The first-order valence-corrected chi connectivity index (χ1v) is 9.58. The van der Waals surface area contributed by atoms with Gasteiger partial charge >= 0.3 is 0 Å². The predicted octanol–water partition coefficient (Wildman–Crippen LogP) is 3.01. The topological polar surface area (TPSA) is 67.1 Å². The summed E-state index contributed by atoms with van der Waals surface area (Å²) in [5, 5.41) is 14.4. The van der Waals surface area contributed by atoms with Crippen LogP contribution in [0.15, 0.2) is 16.4 Å². The molecule has 0 aliphatic heterocycles. The number of hydrogen-bond acceptors (Lipinski definition) is 4. The molecule has 0 saturated heterocycles. The number of rotatable bonds is 6. The zero-order chi connectivity index (χ0) is 18.4. The fourth-order valence-corrected chi connectivity index (χ4v) is 3.37. The molecule has 0 radical (unpaired) electrons. The number of aliphatic imine (C=N–C) groups is 1. The molecule has 0 aromatic carbocycles. The Morgan fingerprint density at radius 1 is 1.28 bits per heavy atom. The van der Waals surface area contributed by atoms with Crippen molar-refractivity contribution in [2.45, 2.75) is 59.5 Å². The van der Waals surface area contributed by atoms with Crippen molar-refractivity contribution in [1.82, 2.24) is 25.4 Å². The zero-order valence-electron chi connectivity index (χ0n) is 16.2. The zero-order valence-corrected chi connectivity index (χ0v) is 17.0. The third-order valence-corrected chi connectivity index (χ3v) is 5.11. The van der Waals surface area contributed by atoms with Crippen molar-refractivity contribution in [2.75, 3.05) is 13.6 Å². The summed E-state index contributed by atoms with van der Waals surface area (Å²) in [5.41, 5.74) is 3.44. The van der Waals surface area contributed by atoms with E-state index in [0.29, 0.717) is 6.54 Å². The lowest BCUT2D eigenvalue weighted by Gasteiger charge is -2.14. The number of guanidine groups is 1. The van der Waals surface area contributed by atoms with Gasteiger partial charge in [0.2, 0.25) is 0 Å². The number of hydrogen-bond donors (Lipinski definition) is 2. The monoisotopic (exact) mass is 362 g/mol. The van der Waals surface area contributed by atoms with E-state index in [9.17, 15) is 0 Å². The van der Waals surface area contributed by atoms with Crippen molar-refractivity contribution in [2.24, 2.45) is 4.99 Å². The van der Waals surface area contributed by atoms with Crippen molar-refractivity contribution in [3.63, 3.8) is 0 Å². The summed E-state index contributed by atoms with van der Waals surface area (Å²) in [7, 11) is 1.79. The van der Waals surface area contributed by atoms with E-state index in [1.165, 1.54) is 5.69 Å². The first kappa shape index (κ1) is 19.4. The van der Waals surface area contributed by atoms with Gasteiger partial charge in [-0.3, -0.25) is 9.67 Å². The van der Waals surface area contributed by atoms with Crippen molar-refractivity contribution >= 4 is 17.3 Å². The second kappa shape index (κ2) is 8.47. The maximum absolute atomic E-state index is 4.70. The van der Waals surface area contributed by atoms with Crippen LogP contribution in [0.5, 0.6) is 0 Å². The fraction of sp³-hybridized carbons (Fsp3) is 0.611. The molecule has 138 valence electrons. The van der Waals surface area contributed by atoms with Crippen molar-refractivity contribution in [1.29, 1.82) is 0 Å². The third-order valence-electron chi connectivity index (χ3n) is 3.80. The van der Waals surface area contributed by atoms with Crippen LogP contribution in [0.1, 0.15) is 49.3 Å². The Labute approximate surface area is 154 Å². The minimum atomic E-state index is 0.103. The maximum atomic E-state index is 4.70. The standard InChI is InChI=1S/C18H30N6S/c1-13-10-14(2)24(23-13)9-7-8-20-17(19-6)21-11-15-12-25-16(22-15)18(3,4)5/h10,12H,7-9,11H2,1-6H3,(H2,19,20,21). The summed E-state index contributed by atoms with van der Waals surface area (Å²) in [6.07, 6.45) is 0.994. The van der Waals surface area contributed by atoms with E-state index in [2.05, 4.69) is 64.5 Å². The highest BCUT2D eigenvalue weighted by molar-refractivity contribution is 7.09. The first-order valence-electron chi connectivity index (χ1n) is 8.70. The predicted molar refractivity (Wildman–Crippen MR) is 105 cm³/mol. The molecule has 0 bridgehead atoms. The van der Waals surface area contributed by atoms with Gasteiger partial charge in [0.25, 0.3) is 0 Å². The van der Waals surface area contributed by atoms with Gasteiger partial charge in [-0.25, -0.2) is 4.98 Å². The number of aromatic nitrogens is 3. The van der Waals surface area contributed by atoms with Crippen LogP contribution in [-0.2, 0) is 18.5 Å². The minimum absolute atomic E-state index is 0.103. The molecular formula is C18H30N6S. The quantitative estimate of drug-likeness (QED) is 0.471. The van der Waals surface area contributed by atoms with Crippen LogP contribution < -0.4 is 10.6 Å². The second-order valence-corrected chi connectivity index (χ2v) is 8.11. The number of nitrogens with zero attached hydrogens (tertiary/aromatic N) is 4. The maximum Gasteiger partial charge on any atom is 0.191 e. The Morgan fingerprint density at radius 3 is 2.60 bits per heavy atom. The van der Waals surface area contributed by atoms with Gasteiger partial charge in [-0.2, -0.15) is 5.10 Å². The Morgan fingerprint density at radius 2 is 2.04 bits per heavy atom. The smallest absolute Gasteiger partial charge is 0.191 e. The molecule has 0 aliphatic rings. The van der Waals surface area contributed by atoms with Gasteiger partial charge in [0, 0.05) is 36.6 Å². The van der Waals surface area contributed by atoms with E-state index in [1.807, 2.05) is 6.92 Å². The molecule has 7 heteroatoms. The lowest BCUT2D eigenvalue weighted by atomic mass is 9.98. The van der Waals surface area contributed by atoms with Crippen molar-refractivity contribution < 1.29 is 0 Å². The van der Waals surface area contributed by atoms with E-state index in [0.717, 1.165) is 41.9 Å². The Balaban J connectivity index is 1.73. The summed E-state index contributed by atoms with van der Waals surface area (Å²) in [6.45, 7) is 13.1. The average Bonchev–Trinajstić information content (AvgIpc) is 3.13. The molecule has 2 aromatic rings. The van der Waals surface area contributed by atoms with Crippen molar-refractivity contribution in [3.8, 4) is 0 Å². The molecule has 25 heavy (non-hydrogen) atoms. The second-order valence-electron chi connectivity index (χ2n) is 7.25. The van der Waals surface area contributed by atoms with E-state index < -0.39 is 0 Å². The lowest BCUT2D eigenvalue weighted by Crippen LogP contribution is -2.37. The molecule has 0 saturated carbocycles. The van der Waals surface area contributed by atoms with E-state index in [4.69, 9.17) is 4.98 Å². The first-order chi connectivity index (χ1) is 11.8. The van der Waals surface area contributed by atoms with Gasteiger partial charge in [-0.15, -0.1) is 11.3 Å². The third kappa shape index (κ3) is 5.85. The van der Waals surface area contributed by atoms with Gasteiger partial charge < -0.3 is 10.6 Å². The van der Waals surface area contributed by atoms with Crippen LogP contribution in [-0.4, -0.2) is 34.3 Å². The summed E-state index contributed by atoms with van der Waals surface area (Å²) in [4.78, 5) is 8.97. The molecule has 2 aromatic heterocycles. The summed E-state index contributed by atoms with van der Waals surface area (Å²) in [5.74, 6) is 0.804. The van der Waals surface area contributed by atoms with Crippen LogP contribution in [0.25, 0.3) is 0 Å². The molecule has 0 fully saturated rings. The molecule has 2 heterocycles. The van der Waals surface area contributed by atoms with Crippen LogP contribution in [0.4, 0.5) is 0 Å². The van der Waals surface area contributed by atoms with Gasteiger partial charge in [-0.1, -0.05) is 20.8 Å². The number of nitrogens with one attached hydrogen (secondary N) is 2. The highest BCUT2D eigenvalue weighted by Gasteiger charge is 2.17. The summed E-state index contributed by atoms with van der Waals surface area (Å²) < 4.78 is 2.05. The molecule has 0 unspecified atom stereocenters. The molecule has 0 aliphatic carbocycles. The molecule has 2 N–H and O–H groups in total. The van der Waals surface area contributed by atoms with Crippen LogP contribution in [0.2, 0.25) is 0 Å². The van der Waals surface area contributed by atoms with Gasteiger partial charge in [0.1, 0.15) is 0 Å². The van der Waals surface area contributed by atoms with Crippen molar-refractivity contribution in [3.05, 3.63) is 33.5 Å². The highest BCUT2D eigenvalue weighted by atomic mass is 32.1. The summed E-state index contributed by atoms with van der Waals surface area (Å²) >= 11 is 1.72. The van der Waals surface area contributed by atoms with Gasteiger partial charge in [-0.05, 0) is 26.3 Å². The van der Waals surface area contributed by atoms with Gasteiger partial charge in [0.15, 0.2) is 5.96 Å². The van der Waals surface area contributed by atoms with Crippen LogP contribution in [0.3, 0.4) is 0 Å². The Bertz CT molecular complexity index is 707. The van der Waals surface area contributed by atoms with Gasteiger partial charge in [0.05, 0.1) is 22.9 Å². The lowest BCUT2D eigenvalue weighted by molar-refractivity contribution is 0.555. The Hall–Kier alpha value is -1.89. The normalized spacial score (nSPS) is 12.5. The fourth-order valence-electron chi connectivity index (χ4n) is 2.46. The molecular weight excluding hydrogens is 332 g/mol. The minimum Gasteiger partial charge on any atom is -0.356 e. The number of aryl methyl sites for hydroxylation is 3. The SMILES string of the molecule is CN=C(NCCCn1nc(C)cc1C)NCc1csc(C(C)(C)C)n1. The molecule has 0 spiro atoms. The highest BCUT2D eigenvalue weighted by Crippen LogP contribution is 2.25.